The first kappa shape index (κ1) is 15.3. The molecule has 1 unspecified atom stereocenters. The number of allylic oxidation sites excluding steroid dienone is 1. The smallest absolute Gasteiger partial charge is 0.313 e. The van der Waals surface area contributed by atoms with Crippen LogP contribution in [0.5, 0.6) is 0 Å². The number of carbonyl (C=O) groups is 1. The van der Waals surface area contributed by atoms with Crippen molar-refractivity contribution in [2.75, 3.05) is 0 Å². The Morgan fingerprint density at radius 3 is 2.78 bits per heavy atom. The van der Waals surface area contributed by atoms with E-state index in [2.05, 4.69) is 10.3 Å². The molecule has 1 aromatic carbocycles. The average Bonchev–Trinajstić information content (AvgIpc) is 2.85. The molecular formula is C17H18FN3O2. The number of hydrogen-bond acceptors (Lipinski definition) is 4. The highest BCUT2D eigenvalue weighted by Gasteiger charge is 2.43. The van der Waals surface area contributed by atoms with Gasteiger partial charge in [-0.1, -0.05) is 0 Å². The average molecular weight is 315 g/mol. The van der Waals surface area contributed by atoms with Crippen LogP contribution in [0.3, 0.4) is 0 Å². The van der Waals surface area contributed by atoms with Crippen molar-refractivity contribution in [2.24, 2.45) is 16.6 Å². The lowest BCUT2D eigenvalue weighted by molar-refractivity contribution is -0.142. The van der Waals surface area contributed by atoms with Gasteiger partial charge in [0.2, 0.25) is 0 Å². The van der Waals surface area contributed by atoms with Gasteiger partial charge >= 0.3 is 5.97 Å². The second-order valence-electron chi connectivity index (χ2n) is 6.43. The summed E-state index contributed by atoms with van der Waals surface area (Å²) in [7, 11) is 0. The van der Waals surface area contributed by atoms with E-state index in [1.54, 1.807) is 19.1 Å². The Morgan fingerprint density at radius 2 is 2.17 bits per heavy atom. The summed E-state index contributed by atoms with van der Waals surface area (Å²) >= 11 is 0. The third-order valence-corrected chi connectivity index (χ3v) is 4.34. The Kier molecular flexibility index (Phi) is 3.28. The molecule has 120 valence electrons. The van der Waals surface area contributed by atoms with Crippen LogP contribution in [0.1, 0.15) is 26.3 Å². The van der Waals surface area contributed by atoms with Gasteiger partial charge in [0.25, 0.3) is 0 Å². The monoisotopic (exact) mass is 315 g/mol. The summed E-state index contributed by atoms with van der Waals surface area (Å²) in [6.45, 7) is 5.45. The van der Waals surface area contributed by atoms with Crippen molar-refractivity contribution in [2.45, 2.75) is 26.3 Å². The van der Waals surface area contributed by atoms with Crippen LogP contribution in [0, 0.1) is 11.7 Å². The van der Waals surface area contributed by atoms with Gasteiger partial charge in [0.1, 0.15) is 17.6 Å². The topological polar surface area (TPSA) is 87.7 Å². The van der Waals surface area contributed by atoms with E-state index in [4.69, 9.17) is 5.73 Å². The zero-order valence-electron chi connectivity index (χ0n) is 13.1. The van der Waals surface area contributed by atoms with Crippen LogP contribution in [0.4, 0.5) is 10.1 Å². The van der Waals surface area contributed by atoms with Crippen LogP contribution < -0.4 is 11.1 Å². The van der Waals surface area contributed by atoms with E-state index < -0.39 is 17.4 Å². The molecule has 0 saturated carbocycles. The number of halogens is 1. The molecule has 0 spiro atoms. The van der Waals surface area contributed by atoms with Crippen molar-refractivity contribution < 1.29 is 14.3 Å². The van der Waals surface area contributed by atoms with Crippen molar-refractivity contribution in [3.05, 3.63) is 46.9 Å². The normalized spacial score (nSPS) is 23.7. The zero-order valence-corrected chi connectivity index (χ0v) is 13.1. The van der Waals surface area contributed by atoms with E-state index in [0.29, 0.717) is 33.9 Å². The fraction of sp³-hybridized carbons (Fsp3) is 0.294. The van der Waals surface area contributed by atoms with E-state index >= 15 is 0 Å². The minimum Gasteiger partial charge on any atom is -0.481 e. The molecule has 0 aliphatic carbocycles. The molecule has 6 heteroatoms. The van der Waals surface area contributed by atoms with Gasteiger partial charge in [-0.15, -0.1) is 0 Å². The number of aliphatic imine (C=N–C) groups is 1. The number of fused-ring (bicyclic) bond motifs is 1. The summed E-state index contributed by atoms with van der Waals surface area (Å²) in [6, 6.07) is 4.29. The van der Waals surface area contributed by atoms with Gasteiger partial charge in [-0.3, -0.25) is 4.79 Å². The molecule has 0 aromatic heterocycles. The summed E-state index contributed by atoms with van der Waals surface area (Å²) in [5, 5.41) is 12.7. The highest BCUT2D eigenvalue weighted by atomic mass is 19.1. The minimum atomic E-state index is -0.882. The van der Waals surface area contributed by atoms with Crippen molar-refractivity contribution in [3.63, 3.8) is 0 Å². The van der Waals surface area contributed by atoms with Crippen molar-refractivity contribution in [1.82, 2.24) is 5.32 Å². The van der Waals surface area contributed by atoms with Gasteiger partial charge in [0.15, 0.2) is 0 Å². The number of nitrogens with one attached hydrogen (secondary N) is 1. The van der Waals surface area contributed by atoms with Crippen LogP contribution in [0.15, 0.2) is 40.5 Å². The van der Waals surface area contributed by atoms with E-state index in [1.165, 1.54) is 12.1 Å². The molecule has 0 amide bonds. The molecule has 5 nitrogen and oxygen atoms in total. The maximum absolute atomic E-state index is 13.5. The molecule has 2 aliphatic rings. The largest absolute Gasteiger partial charge is 0.481 e. The standard InChI is InChI=1S/C17H18FN3O2/c1-8-13(21-17(2,3)14(8)16(22)23)7-11-10-6-9(18)4-5-12(10)20-15(11)19/h4-7,14,21H,1-3H3,(H2,19,20)(H,22,23)/b11-7-. The van der Waals surface area contributed by atoms with E-state index in [1.807, 2.05) is 13.8 Å². The molecule has 0 saturated heterocycles. The number of hydrogen-bond donors (Lipinski definition) is 3. The Hall–Kier alpha value is -2.63. The van der Waals surface area contributed by atoms with Crippen LogP contribution in [0.2, 0.25) is 0 Å². The summed E-state index contributed by atoms with van der Waals surface area (Å²) < 4.78 is 13.5. The van der Waals surface area contributed by atoms with E-state index in [0.717, 1.165) is 0 Å². The number of nitrogens with zero attached hydrogens (tertiary/aromatic N) is 1. The van der Waals surface area contributed by atoms with Gasteiger partial charge in [-0.05, 0) is 50.6 Å². The molecule has 2 heterocycles. The predicted octanol–water partition coefficient (Wildman–Crippen LogP) is 2.57. The second kappa shape index (κ2) is 4.94. The molecule has 3 rings (SSSR count). The molecule has 1 aromatic rings. The van der Waals surface area contributed by atoms with Gasteiger partial charge < -0.3 is 16.2 Å². The lowest BCUT2D eigenvalue weighted by Crippen LogP contribution is -2.43. The molecule has 0 radical (unpaired) electrons. The molecule has 2 aliphatic heterocycles. The Morgan fingerprint density at radius 1 is 1.48 bits per heavy atom. The number of rotatable bonds is 2. The lowest BCUT2D eigenvalue weighted by atomic mass is 9.86. The number of carboxylic acids is 1. The third kappa shape index (κ3) is 2.40. The predicted molar refractivity (Wildman–Crippen MR) is 86.7 cm³/mol. The number of nitrogens with two attached hydrogens (primary N) is 1. The Balaban J connectivity index is 2.09. The van der Waals surface area contributed by atoms with Crippen LogP contribution >= 0.6 is 0 Å². The molecule has 1 atom stereocenters. The lowest BCUT2D eigenvalue weighted by Gasteiger charge is -2.26. The maximum atomic E-state index is 13.5. The van der Waals surface area contributed by atoms with Gasteiger partial charge in [-0.25, -0.2) is 9.38 Å². The number of carboxylic acid groups (broad SMARTS) is 1. The molecule has 23 heavy (non-hydrogen) atoms. The molecule has 4 N–H and O–H groups in total. The van der Waals surface area contributed by atoms with Crippen molar-refractivity contribution in [3.8, 4) is 0 Å². The minimum absolute atomic E-state index is 0.296. The number of aliphatic carboxylic acids is 1. The van der Waals surface area contributed by atoms with Crippen LogP contribution in [-0.2, 0) is 4.79 Å². The van der Waals surface area contributed by atoms with Gasteiger partial charge in [0.05, 0.1) is 5.69 Å². The second-order valence-corrected chi connectivity index (χ2v) is 6.43. The zero-order chi connectivity index (χ0) is 16.9. The van der Waals surface area contributed by atoms with Crippen molar-refractivity contribution in [1.29, 1.82) is 0 Å². The Bertz CT molecular complexity index is 806. The third-order valence-electron chi connectivity index (χ3n) is 4.34. The summed E-state index contributed by atoms with van der Waals surface area (Å²) in [5.74, 6) is -1.59. The van der Waals surface area contributed by atoms with E-state index in [-0.39, 0.29) is 5.82 Å². The molecule has 0 fully saturated rings. The first-order valence-electron chi connectivity index (χ1n) is 7.28. The number of amidine groups is 1. The van der Waals surface area contributed by atoms with Crippen molar-refractivity contribution >= 4 is 23.1 Å². The quantitative estimate of drug-likeness (QED) is 0.782. The highest BCUT2D eigenvalue weighted by molar-refractivity contribution is 6.27. The SMILES string of the molecule is CC1=C(/C=C2\C(N)=Nc3ccc(F)cc32)NC(C)(C)C1C(=O)O. The van der Waals surface area contributed by atoms with Crippen LogP contribution in [0.25, 0.3) is 5.57 Å². The summed E-state index contributed by atoms with van der Waals surface area (Å²) in [4.78, 5) is 15.7. The summed E-state index contributed by atoms with van der Waals surface area (Å²) in [6.07, 6.45) is 1.75. The highest BCUT2D eigenvalue weighted by Crippen LogP contribution is 2.38. The first-order valence-corrected chi connectivity index (χ1v) is 7.28. The first-order chi connectivity index (χ1) is 10.7. The Labute approximate surface area is 133 Å². The number of benzene rings is 1. The van der Waals surface area contributed by atoms with Gasteiger partial charge in [0, 0.05) is 22.4 Å². The fourth-order valence-corrected chi connectivity index (χ4v) is 3.30. The molecule has 0 bridgehead atoms. The fourth-order valence-electron chi connectivity index (χ4n) is 3.30. The van der Waals surface area contributed by atoms with Crippen LogP contribution in [-0.4, -0.2) is 22.5 Å². The summed E-state index contributed by atoms with van der Waals surface area (Å²) in [5.41, 5.74) is 8.57. The van der Waals surface area contributed by atoms with E-state index in [9.17, 15) is 14.3 Å². The molecular weight excluding hydrogens is 297 g/mol. The maximum Gasteiger partial charge on any atom is 0.313 e. The van der Waals surface area contributed by atoms with Gasteiger partial charge in [-0.2, -0.15) is 0 Å².